The van der Waals surface area contributed by atoms with Gasteiger partial charge in [-0.25, -0.2) is 4.39 Å². The Morgan fingerprint density at radius 2 is 1.50 bits per heavy atom. The SMILES string of the molecule is CC(C)COc1ccc(CC(=O)N(Cc2ccc(F)cc2)C2CCN(CCCN3CCOCC3)CC2)cc1.Cl.Cl. The largest absolute Gasteiger partial charge is 0.493 e. The molecule has 4 rings (SSSR count). The molecule has 0 N–H and O–H groups in total. The summed E-state index contributed by atoms with van der Waals surface area (Å²) >= 11 is 0. The molecule has 0 saturated carbocycles. The number of hydrogen-bond acceptors (Lipinski definition) is 5. The van der Waals surface area contributed by atoms with Crippen LogP contribution in [0.4, 0.5) is 4.39 Å². The van der Waals surface area contributed by atoms with Gasteiger partial charge in [-0.15, -0.1) is 24.8 Å². The molecular formula is C31H46Cl2FN3O3. The molecule has 0 bridgehead atoms. The number of morpholine rings is 1. The molecule has 2 heterocycles. The zero-order valence-corrected chi connectivity index (χ0v) is 25.6. The first-order valence-electron chi connectivity index (χ1n) is 14.2. The van der Waals surface area contributed by atoms with Gasteiger partial charge in [-0.1, -0.05) is 38.1 Å². The highest BCUT2D eigenvalue weighted by Gasteiger charge is 2.28. The Balaban J connectivity index is 0.00000280. The van der Waals surface area contributed by atoms with Crippen LogP contribution in [0.25, 0.3) is 0 Å². The fraction of sp³-hybridized carbons (Fsp3) is 0.581. The molecule has 0 unspecified atom stereocenters. The molecule has 0 aromatic heterocycles. The van der Waals surface area contributed by atoms with Gasteiger partial charge in [0.25, 0.3) is 0 Å². The Bertz CT molecular complexity index is 980. The van der Waals surface area contributed by atoms with E-state index in [0.29, 0.717) is 25.5 Å². The molecule has 224 valence electrons. The summed E-state index contributed by atoms with van der Waals surface area (Å²) in [5, 5.41) is 0. The first-order chi connectivity index (χ1) is 18.5. The molecule has 0 aliphatic carbocycles. The Kier molecular flexibility index (Phi) is 15.3. The van der Waals surface area contributed by atoms with Crippen LogP contribution in [0.5, 0.6) is 5.75 Å². The van der Waals surface area contributed by atoms with Crippen LogP contribution in [0, 0.1) is 11.7 Å². The highest BCUT2D eigenvalue weighted by Crippen LogP contribution is 2.22. The molecule has 2 saturated heterocycles. The van der Waals surface area contributed by atoms with Crippen LogP contribution in [0.15, 0.2) is 48.5 Å². The minimum Gasteiger partial charge on any atom is -0.493 e. The predicted molar refractivity (Wildman–Crippen MR) is 163 cm³/mol. The molecule has 2 aliphatic heterocycles. The van der Waals surface area contributed by atoms with Crippen molar-refractivity contribution in [3.8, 4) is 5.75 Å². The maximum Gasteiger partial charge on any atom is 0.227 e. The number of carbonyl (C=O) groups is 1. The average Bonchev–Trinajstić information content (AvgIpc) is 2.93. The van der Waals surface area contributed by atoms with Gasteiger partial charge in [0.1, 0.15) is 11.6 Å². The van der Waals surface area contributed by atoms with Gasteiger partial charge in [0.15, 0.2) is 0 Å². The monoisotopic (exact) mass is 597 g/mol. The lowest BCUT2D eigenvalue weighted by Gasteiger charge is -2.39. The molecule has 0 radical (unpaired) electrons. The molecule has 2 aromatic rings. The van der Waals surface area contributed by atoms with Crippen molar-refractivity contribution < 1.29 is 18.7 Å². The minimum absolute atomic E-state index is 0. The van der Waals surface area contributed by atoms with Crippen molar-refractivity contribution in [2.75, 3.05) is 59.1 Å². The Morgan fingerprint density at radius 3 is 2.10 bits per heavy atom. The summed E-state index contributed by atoms with van der Waals surface area (Å²) in [6.07, 6.45) is 3.45. The zero-order valence-electron chi connectivity index (χ0n) is 23.9. The second kappa shape index (κ2) is 17.8. The second-order valence-electron chi connectivity index (χ2n) is 11.1. The lowest BCUT2D eigenvalue weighted by Crippen LogP contribution is -2.48. The van der Waals surface area contributed by atoms with Crippen LogP contribution in [-0.4, -0.2) is 85.7 Å². The van der Waals surface area contributed by atoms with E-state index in [4.69, 9.17) is 9.47 Å². The van der Waals surface area contributed by atoms with E-state index in [9.17, 15) is 9.18 Å². The first kappa shape index (κ1) is 34.3. The molecule has 2 aromatic carbocycles. The molecular weight excluding hydrogens is 552 g/mol. The van der Waals surface area contributed by atoms with E-state index in [1.165, 1.54) is 18.6 Å². The number of likely N-dealkylation sites (tertiary alicyclic amines) is 1. The van der Waals surface area contributed by atoms with E-state index in [2.05, 4.69) is 23.6 Å². The van der Waals surface area contributed by atoms with Crippen LogP contribution >= 0.6 is 24.8 Å². The van der Waals surface area contributed by atoms with Crippen LogP contribution in [-0.2, 0) is 22.5 Å². The fourth-order valence-electron chi connectivity index (χ4n) is 5.25. The van der Waals surface area contributed by atoms with Crippen molar-refractivity contribution in [2.45, 2.75) is 52.1 Å². The Labute approximate surface area is 252 Å². The highest BCUT2D eigenvalue weighted by molar-refractivity contribution is 5.85. The van der Waals surface area contributed by atoms with Gasteiger partial charge in [0.05, 0.1) is 26.2 Å². The van der Waals surface area contributed by atoms with Crippen molar-refractivity contribution in [1.82, 2.24) is 14.7 Å². The maximum atomic E-state index is 13.6. The second-order valence-corrected chi connectivity index (χ2v) is 11.1. The number of halogens is 3. The molecule has 1 amide bonds. The summed E-state index contributed by atoms with van der Waals surface area (Å²) in [5.41, 5.74) is 1.95. The summed E-state index contributed by atoms with van der Waals surface area (Å²) in [4.78, 5) is 20.7. The first-order valence-corrected chi connectivity index (χ1v) is 14.2. The summed E-state index contributed by atoms with van der Waals surface area (Å²) in [5.74, 6) is 1.17. The Hall–Kier alpha value is -1.90. The van der Waals surface area contributed by atoms with E-state index >= 15 is 0 Å². The summed E-state index contributed by atoms with van der Waals surface area (Å²) in [6, 6.07) is 14.6. The standard InChI is InChI=1S/C31H44FN3O3.2ClH/c1-25(2)24-38-30-10-6-26(7-11-30)22-31(36)35(23-27-4-8-28(32)9-5-27)29-12-16-33(17-13-29)14-3-15-34-18-20-37-21-19-34;;/h4-11,25,29H,3,12-24H2,1-2H3;2*1H. The van der Waals surface area contributed by atoms with Crippen molar-refractivity contribution in [2.24, 2.45) is 5.92 Å². The topological polar surface area (TPSA) is 45.2 Å². The van der Waals surface area contributed by atoms with Crippen molar-refractivity contribution in [1.29, 1.82) is 0 Å². The summed E-state index contributed by atoms with van der Waals surface area (Å²) < 4.78 is 24.8. The quantitative estimate of drug-likeness (QED) is 0.325. The van der Waals surface area contributed by atoms with Crippen LogP contribution in [0.1, 0.15) is 44.2 Å². The number of piperidine rings is 1. The van der Waals surface area contributed by atoms with Gasteiger partial charge >= 0.3 is 0 Å². The molecule has 6 nitrogen and oxygen atoms in total. The number of carbonyl (C=O) groups excluding carboxylic acids is 1. The zero-order chi connectivity index (χ0) is 26.7. The third-order valence-corrected chi connectivity index (χ3v) is 7.50. The molecule has 2 fully saturated rings. The lowest BCUT2D eigenvalue weighted by molar-refractivity contribution is -0.134. The Morgan fingerprint density at radius 1 is 0.925 bits per heavy atom. The van der Waals surface area contributed by atoms with Gasteiger partial charge in [-0.05, 0) is 73.7 Å². The fourth-order valence-corrected chi connectivity index (χ4v) is 5.25. The third-order valence-electron chi connectivity index (χ3n) is 7.50. The number of rotatable bonds is 12. The van der Waals surface area contributed by atoms with E-state index in [-0.39, 0.29) is 42.6 Å². The van der Waals surface area contributed by atoms with Crippen LogP contribution in [0.3, 0.4) is 0 Å². The molecule has 0 spiro atoms. The third kappa shape index (κ3) is 11.2. The lowest BCUT2D eigenvalue weighted by atomic mass is 10.0. The molecule has 2 aliphatic rings. The van der Waals surface area contributed by atoms with Gasteiger partial charge < -0.3 is 19.3 Å². The van der Waals surface area contributed by atoms with Crippen molar-refractivity contribution >= 4 is 30.7 Å². The van der Waals surface area contributed by atoms with Crippen LogP contribution < -0.4 is 4.74 Å². The summed E-state index contributed by atoms with van der Waals surface area (Å²) in [7, 11) is 0. The van der Waals surface area contributed by atoms with Gasteiger partial charge in [-0.2, -0.15) is 0 Å². The van der Waals surface area contributed by atoms with E-state index in [1.54, 1.807) is 12.1 Å². The summed E-state index contributed by atoms with van der Waals surface area (Å²) in [6.45, 7) is 13.4. The average molecular weight is 599 g/mol. The van der Waals surface area contributed by atoms with E-state index < -0.39 is 0 Å². The number of ether oxygens (including phenoxy) is 2. The van der Waals surface area contributed by atoms with E-state index in [0.717, 1.165) is 82.2 Å². The van der Waals surface area contributed by atoms with Gasteiger partial charge in [-0.3, -0.25) is 9.69 Å². The number of benzene rings is 2. The maximum absolute atomic E-state index is 13.6. The predicted octanol–water partition coefficient (Wildman–Crippen LogP) is 5.46. The van der Waals surface area contributed by atoms with Crippen molar-refractivity contribution in [3.63, 3.8) is 0 Å². The number of amides is 1. The van der Waals surface area contributed by atoms with Gasteiger partial charge in [0, 0.05) is 38.8 Å². The van der Waals surface area contributed by atoms with E-state index in [1.807, 2.05) is 29.2 Å². The van der Waals surface area contributed by atoms with Gasteiger partial charge in [0.2, 0.25) is 5.91 Å². The molecule has 0 atom stereocenters. The van der Waals surface area contributed by atoms with Crippen molar-refractivity contribution in [3.05, 3.63) is 65.5 Å². The minimum atomic E-state index is -0.253. The van der Waals surface area contributed by atoms with Crippen LogP contribution in [0.2, 0.25) is 0 Å². The molecule has 40 heavy (non-hydrogen) atoms. The molecule has 9 heteroatoms. The normalized spacial score (nSPS) is 16.7. The highest BCUT2D eigenvalue weighted by atomic mass is 35.5. The smallest absolute Gasteiger partial charge is 0.227 e. The number of nitrogens with zero attached hydrogens (tertiary/aromatic N) is 3. The number of hydrogen-bond donors (Lipinski definition) is 0.